The molecule has 0 aromatic heterocycles. The fourth-order valence-electron chi connectivity index (χ4n) is 2.09. The molecule has 0 N–H and O–H groups in total. The first kappa shape index (κ1) is 12.3. The van der Waals surface area contributed by atoms with E-state index in [1.54, 1.807) is 12.1 Å². The van der Waals surface area contributed by atoms with Gasteiger partial charge in [-0.2, -0.15) is 5.26 Å². The summed E-state index contributed by atoms with van der Waals surface area (Å²) in [5.74, 6) is -0.447. The number of nitriles is 1. The molecule has 2 aromatic carbocycles. The lowest BCUT2D eigenvalue weighted by Crippen LogP contribution is -2.06. The van der Waals surface area contributed by atoms with Gasteiger partial charge in [0, 0.05) is 5.92 Å². The minimum Gasteiger partial charge on any atom is -0.207 e. The van der Waals surface area contributed by atoms with Gasteiger partial charge in [0.2, 0.25) is 0 Å². The summed E-state index contributed by atoms with van der Waals surface area (Å²) in [4.78, 5) is 0. The lowest BCUT2D eigenvalue weighted by Gasteiger charge is -2.18. The highest BCUT2D eigenvalue weighted by Gasteiger charge is 2.20. The van der Waals surface area contributed by atoms with Crippen LogP contribution in [0, 0.1) is 17.1 Å². The van der Waals surface area contributed by atoms with Crippen molar-refractivity contribution in [3.63, 3.8) is 0 Å². The normalized spacial score (nSPS) is 13.6. The first-order valence-corrected chi connectivity index (χ1v) is 5.92. The summed E-state index contributed by atoms with van der Waals surface area (Å²) in [6.07, 6.45) is 0. The molecule has 18 heavy (non-hydrogen) atoms. The third-order valence-electron chi connectivity index (χ3n) is 3.19. The van der Waals surface area contributed by atoms with Crippen LogP contribution in [0.1, 0.15) is 29.9 Å². The molecule has 2 aromatic rings. The monoisotopic (exact) mass is 239 g/mol. The van der Waals surface area contributed by atoms with Crippen LogP contribution in [0.25, 0.3) is 0 Å². The van der Waals surface area contributed by atoms with Crippen molar-refractivity contribution in [2.75, 3.05) is 0 Å². The number of hydrogen-bond acceptors (Lipinski definition) is 1. The van der Waals surface area contributed by atoms with Gasteiger partial charge in [0.25, 0.3) is 0 Å². The maximum absolute atomic E-state index is 12.9. The van der Waals surface area contributed by atoms with Gasteiger partial charge < -0.3 is 0 Å². The van der Waals surface area contributed by atoms with E-state index in [0.717, 1.165) is 11.1 Å². The lowest BCUT2D eigenvalue weighted by atomic mass is 9.84. The smallest absolute Gasteiger partial charge is 0.123 e. The number of rotatable bonds is 3. The van der Waals surface area contributed by atoms with Gasteiger partial charge in [-0.25, -0.2) is 4.39 Å². The van der Waals surface area contributed by atoms with E-state index in [4.69, 9.17) is 0 Å². The second-order valence-corrected chi connectivity index (χ2v) is 4.36. The zero-order valence-corrected chi connectivity index (χ0v) is 10.2. The van der Waals surface area contributed by atoms with Gasteiger partial charge in [-0.15, -0.1) is 0 Å². The van der Waals surface area contributed by atoms with E-state index in [0.29, 0.717) is 0 Å². The molecule has 1 nitrogen and oxygen atoms in total. The van der Waals surface area contributed by atoms with Crippen LogP contribution in [0.2, 0.25) is 0 Å². The Morgan fingerprint density at radius 1 is 0.944 bits per heavy atom. The van der Waals surface area contributed by atoms with Gasteiger partial charge in [-0.3, -0.25) is 0 Å². The van der Waals surface area contributed by atoms with Crippen molar-refractivity contribution in [1.82, 2.24) is 0 Å². The Balaban J connectivity index is 2.30. The summed E-state index contributed by atoms with van der Waals surface area (Å²) in [5, 5.41) is 9.34. The van der Waals surface area contributed by atoms with E-state index >= 15 is 0 Å². The third-order valence-corrected chi connectivity index (χ3v) is 3.19. The standard InChI is InChI=1S/C16H14FN/c1-12(13-5-3-2-4-6-13)16(11-18)14-7-9-15(17)10-8-14/h2-10,12,16H,1H3. The highest BCUT2D eigenvalue weighted by atomic mass is 19.1. The predicted molar refractivity (Wildman–Crippen MR) is 69.6 cm³/mol. The van der Waals surface area contributed by atoms with Crippen LogP contribution in [0.5, 0.6) is 0 Å². The van der Waals surface area contributed by atoms with Crippen LogP contribution in [0.4, 0.5) is 4.39 Å². The second kappa shape index (κ2) is 5.46. The summed E-state index contributed by atoms with van der Waals surface area (Å²) >= 11 is 0. The Hall–Kier alpha value is -2.14. The number of nitrogens with zero attached hydrogens (tertiary/aromatic N) is 1. The van der Waals surface area contributed by atoms with Gasteiger partial charge in [0.15, 0.2) is 0 Å². The molecule has 0 fully saturated rings. The van der Waals surface area contributed by atoms with Gasteiger partial charge in [-0.1, -0.05) is 49.4 Å². The highest BCUT2D eigenvalue weighted by molar-refractivity contribution is 5.32. The first-order chi connectivity index (χ1) is 8.72. The summed E-state index contributed by atoms with van der Waals surface area (Å²) in [6.45, 7) is 2.02. The molecule has 2 heteroatoms. The number of halogens is 1. The maximum atomic E-state index is 12.9. The molecule has 0 saturated carbocycles. The summed E-state index contributed by atoms with van der Waals surface area (Å²) in [7, 11) is 0. The summed E-state index contributed by atoms with van der Waals surface area (Å²) in [6, 6.07) is 18.4. The molecule has 0 saturated heterocycles. The Kier molecular flexibility index (Phi) is 3.74. The van der Waals surface area contributed by atoms with Crippen LogP contribution >= 0.6 is 0 Å². The first-order valence-electron chi connectivity index (χ1n) is 5.92. The predicted octanol–water partition coefficient (Wildman–Crippen LogP) is 4.24. The van der Waals surface area contributed by atoms with Gasteiger partial charge in [0.05, 0.1) is 12.0 Å². The van der Waals surface area contributed by atoms with Gasteiger partial charge >= 0.3 is 0 Å². The Bertz CT molecular complexity index is 540. The third kappa shape index (κ3) is 2.57. The highest BCUT2D eigenvalue weighted by Crippen LogP contribution is 2.31. The van der Waals surface area contributed by atoms with Crippen molar-refractivity contribution >= 4 is 0 Å². The molecule has 0 aliphatic rings. The SMILES string of the molecule is CC(c1ccccc1)C(C#N)c1ccc(F)cc1. The average molecular weight is 239 g/mol. The van der Waals surface area contributed by atoms with Crippen LogP contribution in [0.3, 0.4) is 0 Å². The van der Waals surface area contributed by atoms with Crippen LogP contribution < -0.4 is 0 Å². The molecule has 0 aliphatic carbocycles. The van der Waals surface area contributed by atoms with Crippen molar-refractivity contribution < 1.29 is 4.39 Å². The molecule has 0 aliphatic heterocycles. The Morgan fingerprint density at radius 3 is 2.11 bits per heavy atom. The quantitative estimate of drug-likeness (QED) is 0.786. The van der Waals surface area contributed by atoms with Crippen molar-refractivity contribution in [2.24, 2.45) is 0 Å². The van der Waals surface area contributed by atoms with E-state index in [1.165, 1.54) is 12.1 Å². The van der Waals surface area contributed by atoms with Crippen LogP contribution in [-0.4, -0.2) is 0 Å². The van der Waals surface area contributed by atoms with Crippen molar-refractivity contribution in [3.8, 4) is 6.07 Å². The molecule has 0 radical (unpaired) electrons. The van der Waals surface area contributed by atoms with E-state index in [2.05, 4.69) is 6.07 Å². The van der Waals surface area contributed by atoms with Crippen LogP contribution in [-0.2, 0) is 0 Å². The van der Waals surface area contributed by atoms with Gasteiger partial charge in [-0.05, 0) is 23.3 Å². The summed E-state index contributed by atoms with van der Waals surface area (Å²) < 4.78 is 12.9. The minimum absolute atomic E-state index is 0.0849. The molecule has 2 unspecified atom stereocenters. The molecule has 0 spiro atoms. The van der Waals surface area contributed by atoms with Crippen molar-refractivity contribution in [2.45, 2.75) is 18.8 Å². The molecule has 2 rings (SSSR count). The van der Waals surface area contributed by atoms with E-state index in [9.17, 15) is 9.65 Å². The van der Waals surface area contributed by atoms with E-state index < -0.39 is 0 Å². The molecule has 90 valence electrons. The van der Waals surface area contributed by atoms with E-state index in [-0.39, 0.29) is 17.7 Å². The molecule has 0 bridgehead atoms. The number of benzene rings is 2. The second-order valence-electron chi connectivity index (χ2n) is 4.36. The molecule has 2 atom stereocenters. The maximum Gasteiger partial charge on any atom is 0.123 e. The molecule has 0 heterocycles. The number of hydrogen-bond donors (Lipinski definition) is 0. The Morgan fingerprint density at radius 2 is 1.56 bits per heavy atom. The molecular weight excluding hydrogens is 225 g/mol. The lowest BCUT2D eigenvalue weighted by molar-refractivity contribution is 0.623. The average Bonchev–Trinajstić information content (AvgIpc) is 2.42. The molecular formula is C16H14FN. The minimum atomic E-state index is -0.275. The topological polar surface area (TPSA) is 23.8 Å². The molecule has 0 amide bonds. The zero-order valence-electron chi connectivity index (χ0n) is 10.2. The summed E-state index contributed by atoms with van der Waals surface area (Å²) in [5.41, 5.74) is 1.98. The van der Waals surface area contributed by atoms with E-state index in [1.807, 2.05) is 37.3 Å². The fraction of sp³-hybridized carbons (Fsp3) is 0.188. The zero-order chi connectivity index (χ0) is 13.0. The Labute approximate surface area is 107 Å². The van der Waals surface area contributed by atoms with Crippen molar-refractivity contribution in [3.05, 3.63) is 71.5 Å². The largest absolute Gasteiger partial charge is 0.207 e. The van der Waals surface area contributed by atoms with Gasteiger partial charge in [0.1, 0.15) is 5.82 Å². The fourth-order valence-corrected chi connectivity index (χ4v) is 2.09. The van der Waals surface area contributed by atoms with Crippen molar-refractivity contribution in [1.29, 1.82) is 5.26 Å². The van der Waals surface area contributed by atoms with Crippen LogP contribution in [0.15, 0.2) is 54.6 Å².